The lowest BCUT2D eigenvalue weighted by Crippen LogP contribution is -2.22. The molecule has 0 atom stereocenters. The van der Waals surface area contributed by atoms with Gasteiger partial charge < -0.3 is 10.3 Å². The molecule has 7 heteroatoms. The van der Waals surface area contributed by atoms with Crippen LogP contribution in [0.3, 0.4) is 0 Å². The van der Waals surface area contributed by atoms with Crippen LogP contribution in [0.1, 0.15) is 16.7 Å². The third-order valence-corrected chi connectivity index (χ3v) is 3.04. The van der Waals surface area contributed by atoms with Crippen molar-refractivity contribution in [2.45, 2.75) is 19.3 Å². The van der Waals surface area contributed by atoms with Crippen molar-refractivity contribution in [1.82, 2.24) is 4.57 Å². The highest BCUT2D eigenvalue weighted by Crippen LogP contribution is 2.28. The zero-order chi connectivity index (χ0) is 15.6. The van der Waals surface area contributed by atoms with Gasteiger partial charge in [0.2, 0.25) is 0 Å². The van der Waals surface area contributed by atoms with Crippen LogP contribution < -0.4 is 11.3 Å². The minimum atomic E-state index is -4.55. The number of pyridine rings is 1. The molecule has 0 amide bonds. The van der Waals surface area contributed by atoms with Crippen molar-refractivity contribution in [3.8, 4) is 0 Å². The molecule has 0 bridgehead atoms. The fourth-order valence-electron chi connectivity index (χ4n) is 1.95. The predicted molar refractivity (Wildman–Crippen MR) is 69.1 cm³/mol. The van der Waals surface area contributed by atoms with Crippen LogP contribution in [0.5, 0.6) is 0 Å². The van der Waals surface area contributed by atoms with Crippen molar-refractivity contribution < 1.29 is 17.6 Å². The van der Waals surface area contributed by atoms with Crippen molar-refractivity contribution in [3.05, 3.63) is 69.4 Å². The minimum Gasteiger partial charge on any atom is -0.326 e. The van der Waals surface area contributed by atoms with Crippen molar-refractivity contribution >= 4 is 0 Å². The Kier molecular flexibility index (Phi) is 4.13. The van der Waals surface area contributed by atoms with E-state index in [-0.39, 0.29) is 13.1 Å². The molecule has 2 rings (SSSR count). The number of nitrogens with zero attached hydrogens (tertiary/aromatic N) is 1. The predicted octanol–water partition coefficient (Wildman–Crippen LogP) is 2.51. The van der Waals surface area contributed by atoms with E-state index < -0.39 is 23.1 Å². The SMILES string of the molecule is NCc1ccc(F)cc1Cn1cc(C(F)(F)F)ccc1=O. The standard InChI is InChI=1S/C14H12F4N2O/c15-12-3-1-9(6-19)10(5-12)7-20-8-11(14(16,17)18)2-4-13(20)21/h1-5,8H,6-7,19H2. The topological polar surface area (TPSA) is 48.0 Å². The Morgan fingerprint density at radius 1 is 1.10 bits per heavy atom. The molecule has 0 aliphatic carbocycles. The van der Waals surface area contributed by atoms with Crippen molar-refractivity contribution in [2.75, 3.05) is 0 Å². The van der Waals surface area contributed by atoms with Crippen molar-refractivity contribution in [1.29, 1.82) is 0 Å². The summed E-state index contributed by atoms with van der Waals surface area (Å²) in [6, 6.07) is 5.37. The van der Waals surface area contributed by atoms with Gasteiger partial charge in [-0.2, -0.15) is 13.2 Å². The van der Waals surface area contributed by atoms with Crippen molar-refractivity contribution in [2.24, 2.45) is 5.73 Å². The summed E-state index contributed by atoms with van der Waals surface area (Å²) in [5, 5.41) is 0. The van der Waals surface area contributed by atoms with Crippen LogP contribution in [0, 0.1) is 5.82 Å². The van der Waals surface area contributed by atoms with Gasteiger partial charge in [-0.3, -0.25) is 4.79 Å². The number of benzene rings is 1. The summed E-state index contributed by atoms with van der Waals surface area (Å²) in [4.78, 5) is 11.7. The lowest BCUT2D eigenvalue weighted by atomic mass is 10.1. The molecule has 0 saturated heterocycles. The molecule has 112 valence electrons. The normalized spacial score (nSPS) is 11.7. The van der Waals surface area contributed by atoms with E-state index in [2.05, 4.69) is 0 Å². The molecule has 0 unspecified atom stereocenters. The average molecular weight is 300 g/mol. The zero-order valence-electron chi connectivity index (χ0n) is 10.8. The summed E-state index contributed by atoms with van der Waals surface area (Å²) in [6.07, 6.45) is -3.83. The highest BCUT2D eigenvalue weighted by molar-refractivity contribution is 5.28. The monoisotopic (exact) mass is 300 g/mol. The second-order valence-corrected chi connectivity index (χ2v) is 4.50. The van der Waals surface area contributed by atoms with Gasteiger partial charge in [0, 0.05) is 18.8 Å². The van der Waals surface area contributed by atoms with Gasteiger partial charge in [0.25, 0.3) is 5.56 Å². The maximum Gasteiger partial charge on any atom is 0.417 e. The molecule has 0 saturated carbocycles. The van der Waals surface area contributed by atoms with Crippen LogP contribution in [-0.2, 0) is 19.3 Å². The van der Waals surface area contributed by atoms with E-state index in [0.717, 1.165) is 16.7 Å². The van der Waals surface area contributed by atoms with E-state index >= 15 is 0 Å². The number of hydrogen-bond donors (Lipinski definition) is 1. The van der Waals surface area contributed by atoms with E-state index in [0.29, 0.717) is 23.4 Å². The van der Waals surface area contributed by atoms with E-state index in [1.54, 1.807) is 0 Å². The first-order chi connectivity index (χ1) is 9.81. The molecule has 2 N–H and O–H groups in total. The first-order valence-corrected chi connectivity index (χ1v) is 6.06. The Labute approximate surface area is 117 Å². The molecule has 1 aromatic carbocycles. The van der Waals surface area contributed by atoms with E-state index in [9.17, 15) is 22.4 Å². The second-order valence-electron chi connectivity index (χ2n) is 4.50. The number of rotatable bonds is 3. The molecular formula is C14H12F4N2O. The Balaban J connectivity index is 2.44. The molecule has 0 fully saturated rings. The van der Waals surface area contributed by atoms with Gasteiger partial charge in [-0.15, -0.1) is 0 Å². The summed E-state index contributed by atoms with van der Waals surface area (Å²) >= 11 is 0. The van der Waals surface area contributed by atoms with E-state index in [4.69, 9.17) is 5.73 Å². The Morgan fingerprint density at radius 3 is 2.43 bits per heavy atom. The summed E-state index contributed by atoms with van der Waals surface area (Å²) < 4.78 is 52.1. The zero-order valence-corrected chi connectivity index (χ0v) is 10.8. The highest BCUT2D eigenvalue weighted by atomic mass is 19.4. The van der Waals surface area contributed by atoms with Gasteiger partial charge in [-0.05, 0) is 29.3 Å². The fraction of sp³-hybridized carbons (Fsp3) is 0.214. The lowest BCUT2D eigenvalue weighted by molar-refractivity contribution is -0.138. The largest absolute Gasteiger partial charge is 0.417 e. The van der Waals surface area contributed by atoms with Crippen LogP contribution in [0.15, 0.2) is 41.3 Å². The van der Waals surface area contributed by atoms with Crippen LogP contribution in [0.2, 0.25) is 0 Å². The maximum absolute atomic E-state index is 13.2. The molecule has 3 nitrogen and oxygen atoms in total. The lowest BCUT2D eigenvalue weighted by Gasteiger charge is -2.13. The average Bonchev–Trinajstić information content (AvgIpc) is 2.40. The summed E-state index contributed by atoms with van der Waals surface area (Å²) in [5.74, 6) is -0.540. The van der Waals surface area contributed by atoms with Gasteiger partial charge in [0.1, 0.15) is 5.82 Å². The molecule has 0 aliphatic heterocycles. The second kappa shape index (κ2) is 5.69. The Hall–Kier alpha value is -2.15. The molecule has 21 heavy (non-hydrogen) atoms. The molecule has 0 spiro atoms. The fourth-order valence-corrected chi connectivity index (χ4v) is 1.95. The molecule has 0 radical (unpaired) electrons. The van der Waals surface area contributed by atoms with Crippen LogP contribution in [-0.4, -0.2) is 4.57 Å². The summed E-state index contributed by atoms with van der Waals surface area (Å²) in [5.41, 5.74) is 4.91. The summed E-state index contributed by atoms with van der Waals surface area (Å²) in [6.45, 7) is -0.0730. The van der Waals surface area contributed by atoms with Gasteiger partial charge in [0.15, 0.2) is 0 Å². The number of alkyl halides is 3. The van der Waals surface area contributed by atoms with Crippen LogP contribution in [0.4, 0.5) is 17.6 Å². The molecule has 1 heterocycles. The van der Waals surface area contributed by atoms with E-state index in [1.807, 2.05) is 0 Å². The number of aromatic nitrogens is 1. The minimum absolute atomic E-state index is 0.101. The first kappa shape index (κ1) is 15.2. The third-order valence-electron chi connectivity index (χ3n) is 3.04. The Bertz CT molecular complexity index is 707. The number of halogens is 4. The van der Waals surface area contributed by atoms with Gasteiger partial charge in [-0.25, -0.2) is 4.39 Å². The third kappa shape index (κ3) is 3.49. The van der Waals surface area contributed by atoms with Crippen LogP contribution >= 0.6 is 0 Å². The van der Waals surface area contributed by atoms with Gasteiger partial charge >= 0.3 is 6.18 Å². The van der Waals surface area contributed by atoms with Gasteiger partial charge in [0.05, 0.1) is 12.1 Å². The quantitative estimate of drug-likeness (QED) is 0.885. The molecule has 2 aromatic rings. The maximum atomic E-state index is 13.2. The molecule has 0 aliphatic rings. The molecule has 1 aromatic heterocycles. The van der Waals surface area contributed by atoms with E-state index in [1.165, 1.54) is 12.1 Å². The first-order valence-electron chi connectivity index (χ1n) is 6.06. The Morgan fingerprint density at radius 2 is 1.81 bits per heavy atom. The van der Waals surface area contributed by atoms with Gasteiger partial charge in [-0.1, -0.05) is 6.07 Å². The molecular weight excluding hydrogens is 288 g/mol. The number of nitrogens with two attached hydrogens (primary N) is 1. The smallest absolute Gasteiger partial charge is 0.326 e. The van der Waals surface area contributed by atoms with Crippen molar-refractivity contribution in [3.63, 3.8) is 0 Å². The number of hydrogen-bond acceptors (Lipinski definition) is 2. The highest BCUT2D eigenvalue weighted by Gasteiger charge is 2.31. The van der Waals surface area contributed by atoms with Crippen LogP contribution in [0.25, 0.3) is 0 Å². The summed E-state index contributed by atoms with van der Waals surface area (Å²) in [7, 11) is 0.